The Labute approximate surface area is 169 Å². The van der Waals surface area contributed by atoms with Crippen LogP contribution in [0.5, 0.6) is 0 Å². The standard InChI is InChI=1S/C23H23N5O/c29-23(19-8-6-17(7-9-19)16-28-13-3-12-24-28)27-14-10-18(11-15-27)22-25-20-4-1-2-5-21(20)26-22/h1-9,12-13,18H,10-11,14-16H2,(H,25,26). The van der Waals surface area contributed by atoms with E-state index in [-0.39, 0.29) is 5.91 Å². The highest BCUT2D eigenvalue weighted by Crippen LogP contribution is 2.28. The molecule has 2 aromatic heterocycles. The van der Waals surface area contributed by atoms with E-state index in [1.807, 2.05) is 64.3 Å². The maximum atomic E-state index is 12.9. The molecular weight excluding hydrogens is 362 g/mol. The normalized spacial score (nSPS) is 15.1. The molecule has 146 valence electrons. The van der Waals surface area contributed by atoms with Gasteiger partial charge in [0, 0.05) is 37.0 Å². The van der Waals surface area contributed by atoms with Crippen LogP contribution >= 0.6 is 0 Å². The van der Waals surface area contributed by atoms with Gasteiger partial charge in [-0.25, -0.2) is 4.98 Å². The molecule has 2 aromatic carbocycles. The molecule has 6 heteroatoms. The summed E-state index contributed by atoms with van der Waals surface area (Å²) in [5, 5.41) is 4.22. The number of aromatic nitrogens is 4. The smallest absolute Gasteiger partial charge is 0.253 e. The van der Waals surface area contributed by atoms with E-state index in [0.717, 1.165) is 53.9 Å². The SMILES string of the molecule is O=C(c1ccc(Cn2cccn2)cc1)N1CCC(c2nc3ccccc3[nH]2)CC1. The van der Waals surface area contributed by atoms with E-state index >= 15 is 0 Å². The van der Waals surface area contributed by atoms with Crippen LogP contribution in [-0.4, -0.2) is 43.6 Å². The van der Waals surface area contributed by atoms with Gasteiger partial charge in [0.05, 0.1) is 17.6 Å². The van der Waals surface area contributed by atoms with Gasteiger partial charge in [0.2, 0.25) is 0 Å². The molecule has 0 atom stereocenters. The fourth-order valence-electron chi connectivity index (χ4n) is 4.04. The average Bonchev–Trinajstić information content (AvgIpc) is 3.43. The topological polar surface area (TPSA) is 66.8 Å². The zero-order chi connectivity index (χ0) is 19.6. The number of hydrogen-bond donors (Lipinski definition) is 1. The van der Waals surface area contributed by atoms with Crippen molar-refractivity contribution >= 4 is 16.9 Å². The number of para-hydroxylation sites is 2. The zero-order valence-electron chi connectivity index (χ0n) is 16.2. The minimum absolute atomic E-state index is 0.110. The second-order valence-electron chi connectivity index (χ2n) is 7.61. The lowest BCUT2D eigenvalue weighted by Crippen LogP contribution is -2.38. The summed E-state index contributed by atoms with van der Waals surface area (Å²) in [5.74, 6) is 1.53. The number of carbonyl (C=O) groups excluding carboxylic acids is 1. The van der Waals surface area contributed by atoms with E-state index in [4.69, 9.17) is 4.98 Å². The van der Waals surface area contributed by atoms with Gasteiger partial charge in [-0.05, 0) is 48.7 Å². The van der Waals surface area contributed by atoms with E-state index in [2.05, 4.69) is 16.1 Å². The van der Waals surface area contributed by atoms with E-state index in [9.17, 15) is 4.79 Å². The van der Waals surface area contributed by atoms with Crippen LogP contribution in [-0.2, 0) is 6.54 Å². The van der Waals surface area contributed by atoms with E-state index in [1.54, 1.807) is 6.20 Å². The first-order valence-electron chi connectivity index (χ1n) is 10.1. The van der Waals surface area contributed by atoms with Gasteiger partial charge in [0.1, 0.15) is 5.82 Å². The molecule has 1 fully saturated rings. The molecule has 29 heavy (non-hydrogen) atoms. The number of H-pyrrole nitrogens is 1. The van der Waals surface area contributed by atoms with Crippen LogP contribution in [0.1, 0.15) is 40.5 Å². The third-order valence-electron chi connectivity index (χ3n) is 5.68. The third kappa shape index (κ3) is 3.66. The molecule has 1 N–H and O–H groups in total. The number of fused-ring (bicyclic) bond motifs is 1. The molecule has 0 aliphatic carbocycles. The van der Waals surface area contributed by atoms with Gasteiger partial charge in [-0.2, -0.15) is 5.10 Å². The molecule has 6 nitrogen and oxygen atoms in total. The summed E-state index contributed by atoms with van der Waals surface area (Å²) in [4.78, 5) is 23.0. The van der Waals surface area contributed by atoms with Crippen molar-refractivity contribution in [3.63, 3.8) is 0 Å². The molecule has 0 radical (unpaired) electrons. The average molecular weight is 385 g/mol. The number of piperidine rings is 1. The number of aromatic amines is 1. The Hall–Kier alpha value is -3.41. The van der Waals surface area contributed by atoms with Gasteiger partial charge in [0.25, 0.3) is 5.91 Å². The molecule has 3 heterocycles. The van der Waals surface area contributed by atoms with Crippen LogP contribution in [0.4, 0.5) is 0 Å². The molecule has 4 aromatic rings. The quantitative estimate of drug-likeness (QED) is 0.581. The summed E-state index contributed by atoms with van der Waals surface area (Å²) >= 11 is 0. The highest BCUT2D eigenvalue weighted by molar-refractivity contribution is 5.94. The first-order chi connectivity index (χ1) is 14.3. The Bertz CT molecular complexity index is 1070. The number of imidazole rings is 1. The molecule has 0 bridgehead atoms. The molecule has 1 amide bonds. The first kappa shape index (κ1) is 17.7. The van der Waals surface area contributed by atoms with Crippen molar-refractivity contribution in [3.05, 3.63) is 83.9 Å². The Morgan fingerprint density at radius 2 is 1.83 bits per heavy atom. The number of amides is 1. The van der Waals surface area contributed by atoms with Crippen LogP contribution in [0.15, 0.2) is 67.0 Å². The Kier molecular flexibility index (Phi) is 4.60. The number of nitrogens with zero attached hydrogens (tertiary/aromatic N) is 4. The number of benzene rings is 2. The second kappa shape index (κ2) is 7.54. The highest BCUT2D eigenvalue weighted by Gasteiger charge is 2.26. The fourth-order valence-corrected chi connectivity index (χ4v) is 4.04. The van der Waals surface area contributed by atoms with Crippen LogP contribution in [0, 0.1) is 0 Å². The molecule has 1 saturated heterocycles. The Balaban J connectivity index is 1.21. The number of rotatable bonds is 4. The van der Waals surface area contributed by atoms with E-state index < -0.39 is 0 Å². The van der Waals surface area contributed by atoms with Crippen molar-refractivity contribution < 1.29 is 4.79 Å². The van der Waals surface area contributed by atoms with Gasteiger partial charge >= 0.3 is 0 Å². The molecule has 5 rings (SSSR count). The van der Waals surface area contributed by atoms with Gasteiger partial charge in [-0.15, -0.1) is 0 Å². The minimum Gasteiger partial charge on any atom is -0.342 e. The summed E-state index contributed by atoms with van der Waals surface area (Å²) in [6.45, 7) is 2.23. The van der Waals surface area contributed by atoms with Crippen LogP contribution in [0.3, 0.4) is 0 Å². The molecular formula is C23H23N5O. The lowest BCUT2D eigenvalue weighted by Gasteiger charge is -2.31. The highest BCUT2D eigenvalue weighted by atomic mass is 16.2. The maximum absolute atomic E-state index is 12.9. The van der Waals surface area contributed by atoms with Crippen molar-refractivity contribution in [2.45, 2.75) is 25.3 Å². The Morgan fingerprint density at radius 3 is 2.55 bits per heavy atom. The summed E-state index contributed by atoms with van der Waals surface area (Å²) in [7, 11) is 0. The van der Waals surface area contributed by atoms with Crippen molar-refractivity contribution in [1.29, 1.82) is 0 Å². The minimum atomic E-state index is 0.110. The number of nitrogens with one attached hydrogen (secondary N) is 1. The van der Waals surface area contributed by atoms with Gasteiger partial charge in [-0.1, -0.05) is 24.3 Å². The lowest BCUT2D eigenvalue weighted by atomic mass is 9.95. The van der Waals surface area contributed by atoms with Crippen LogP contribution in [0.2, 0.25) is 0 Å². The lowest BCUT2D eigenvalue weighted by molar-refractivity contribution is 0.0711. The van der Waals surface area contributed by atoms with E-state index in [1.165, 1.54) is 0 Å². The molecule has 0 saturated carbocycles. The molecule has 0 spiro atoms. The zero-order valence-corrected chi connectivity index (χ0v) is 16.2. The largest absolute Gasteiger partial charge is 0.342 e. The molecule has 1 aliphatic heterocycles. The molecule has 1 aliphatic rings. The Morgan fingerprint density at radius 1 is 1.03 bits per heavy atom. The van der Waals surface area contributed by atoms with Gasteiger partial charge < -0.3 is 9.88 Å². The van der Waals surface area contributed by atoms with Gasteiger partial charge in [0.15, 0.2) is 0 Å². The fraction of sp³-hybridized carbons (Fsp3) is 0.261. The summed E-state index contributed by atoms with van der Waals surface area (Å²) in [5.41, 5.74) is 3.97. The number of hydrogen-bond acceptors (Lipinski definition) is 3. The monoisotopic (exact) mass is 385 g/mol. The summed E-state index contributed by atoms with van der Waals surface area (Å²) in [6, 6.07) is 17.9. The van der Waals surface area contributed by atoms with Crippen LogP contribution in [0.25, 0.3) is 11.0 Å². The second-order valence-corrected chi connectivity index (χ2v) is 7.61. The predicted octanol–water partition coefficient (Wildman–Crippen LogP) is 3.83. The van der Waals surface area contributed by atoms with Crippen molar-refractivity contribution in [1.82, 2.24) is 24.6 Å². The van der Waals surface area contributed by atoms with Gasteiger partial charge in [-0.3, -0.25) is 9.48 Å². The van der Waals surface area contributed by atoms with E-state index in [0.29, 0.717) is 12.5 Å². The number of likely N-dealkylation sites (tertiary alicyclic amines) is 1. The van der Waals surface area contributed by atoms with Crippen molar-refractivity contribution in [3.8, 4) is 0 Å². The van der Waals surface area contributed by atoms with Crippen molar-refractivity contribution in [2.24, 2.45) is 0 Å². The first-order valence-corrected chi connectivity index (χ1v) is 10.1. The van der Waals surface area contributed by atoms with Crippen molar-refractivity contribution in [2.75, 3.05) is 13.1 Å². The third-order valence-corrected chi connectivity index (χ3v) is 5.68. The summed E-state index contributed by atoms with van der Waals surface area (Å²) < 4.78 is 1.87. The predicted molar refractivity (Wildman–Crippen MR) is 112 cm³/mol. The maximum Gasteiger partial charge on any atom is 0.253 e. The molecule has 0 unspecified atom stereocenters. The van der Waals surface area contributed by atoms with Crippen LogP contribution < -0.4 is 0 Å². The number of carbonyl (C=O) groups is 1. The summed E-state index contributed by atoms with van der Waals surface area (Å²) in [6.07, 6.45) is 5.57.